The number of hydrogen-bond donors (Lipinski definition) is 0. The number of rotatable bonds is 0. The zero-order valence-corrected chi connectivity index (χ0v) is 5.44. The summed E-state index contributed by atoms with van der Waals surface area (Å²) < 4.78 is 0. The van der Waals surface area contributed by atoms with Gasteiger partial charge in [0.2, 0.25) is 0 Å². The minimum atomic E-state index is -0.0285. The largest absolute Gasteiger partial charge is 0.294 e. The van der Waals surface area contributed by atoms with E-state index in [2.05, 4.69) is 0 Å². The maximum Gasteiger partial charge on any atom is 0.158 e. The van der Waals surface area contributed by atoms with Crippen LogP contribution in [0.1, 0.15) is 19.3 Å². The average molecular weight is 130 g/mol. The Labute approximate surface area is 49.4 Å². The predicted octanol–water partition coefficient (Wildman–Crippen LogP) is 0.902. The molecule has 1 fully saturated rings. The molecule has 1 aliphatic heterocycles. The van der Waals surface area contributed by atoms with Crippen LogP contribution in [0.3, 0.4) is 0 Å². The van der Waals surface area contributed by atoms with Gasteiger partial charge in [0, 0.05) is 21.4 Å². The van der Waals surface area contributed by atoms with Gasteiger partial charge in [0.05, 0.1) is 0 Å². The van der Waals surface area contributed by atoms with Gasteiger partial charge < -0.3 is 0 Å². The van der Waals surface area contributed by atoms with Crippen LogP contribution in [0.2, 0.25) is 0 Å². The summed E-state index contributed by atoms with van der Waals surface area (Å²) in [6.07, 6.45) is 2.04. The minimum Gasteiger partial charge on any atom is -0.294 e. The van der Waals surface area contributed by atoms with Gasteiger partial charge in [-0.3, -0.25) is 9.59 Å². The first-order chi connectivity index (χ1) is 3.79. The molecule has 0 amide bonds. The quantitative estimate of drug-likeness (QED) is 0.456. The third kappa shape index (κ3) is 1.38. The van der Waals surface area contributed by atoms with Crippen molar-refractivity contribution in [2.24, 2.45) is 0 Å². The Morgan fingerprint density at radius 2 is 1.62 bits per heavy atom. The first-order valence-corrected chi connectivity index (χ1v) is 3.62. The summed E-state index contributed by atoms with van der Waals surface area (Å²) in [6, 6.07) is 0. The highest BCUT2D eigenvalue weighted by molar-refractivity contribution is 7.74. The highest BCUT2D eigenvalue weighted by Gasteiger charge is 2.14. The fourth-order valence-electron chi connectivity index (χ4n) is 0.690. The maximum atomic E-state index is 10.5. The molecule has 1 rings (SSSR count). The van der Waals surface area contributed by atoms with E-state index >= 15 is 0 Å². The monoisotopic (exact) mass is 130 g/mol. The molecule has 0 saturated carbocycles. The van der Waals surface area contributed by atoms with Gasteiger partial charge in [-0.2, -0.15) is 0 Å². The molecule has 0 aromatic rings. The zero-order valence-electron chi connectivity index (χ0n) is 4.44. The van der Waals surface area contributed by atoms with Gasteiger partial charge in [-0.05, 0) is 6.42 Å². The molecule has 44 valence electrons. The highest BCUT2D eigenvalue weighted by atomic mass is 31.1. The highest BCUT2D eigenvalue weighted by Crippen LogP contribution is 2.25. The van der Waals surface area contributed by atoms with Crippen molar-refractivity contribution >= 4 is 19.6 Å². The third-order valence-corrected chi connectivity index (χ3v) is 2.14. The van der Waals surface area contributed by atoms with Crippen molar-refractivity contribution < 1.29 is 9.59 Å². The third-order valence-electron chi connectivity index (χ3n) is 1.09. The first kappa shape index (κ1) is 5.90. The molecule has 1 aliphatic rings. The summed E-state index contributed by atoms with van der Waals surface area (Å²) in [5.74, 6) is 0. The standard InChI is InChI=1S/C5H7O2P/c6-4-2-1-3-5(7)8-4/h8H,1-3H2. The van der Waals surface area contributed by atoms with Crippen molar-refractivity contribution in [2.45, 2.75) is 19.3 Å². The molecule has 0 aliphatic carbocycles. The lowest BCUT2D eigenvalue weighted by molar-refractivity contribution is -0.115. The van der Waals surface area contributed by atoms with E-state index in [1.165, 1.54) is 0 Å². The van der Waals surface area contributed by atoms with Crippen molar-refractivity contribution in [1.82, 2.24) is 0 Å². The summed E-state index contributed by atoms with van der Waals surface area (Å²) >= 11 is 0. The summed E-state index contributed by atoms with van der Waals surface area (Å²) in [7, 11) is -0.0285. The SMILES string of the molecule is O=C1CCCC(=O)P1. The Hall–Kier alpha value is -0.230. The first-order valence-electron chi connectivity index (χ1n) is 2.62. The number of carbonyl (C=O) groups is 2. The Kier molecular flexibility index (Phi) is 1.74. The van der Waals surface area contributed by atoms with Crippen molar-refractivity contribution in [2.75, 3.05) is 0 Å². The molecule has 0 bridgehead atoms. The molecule has 0 unspecified atom stereocenters. The number of hydrogen-bond acceptors (Lipinski definition) is 2. The fraction of sp³-hybridized carbons (Fsp3) is 0.600. The molecular formula is C5H7O2P. The van der Waals surface area contributed by atoms with Crippen LogP contribution < -0.4 is 0 Å². The van der Waals surface area contributed by atoms with Gasteiger partial charge in [0.25, 0.3) is 0 Å². The van der Waals surface area contributed by atoms with E-state index in [1.807, 2.05) is 0 Å². The molecule has 1 heterocycles. The fourth-order valence-corrected chi connectivity index (χ4v) is 1.60. The van der Waals surface area contributed by atoms with Crippen LogP contribution in [0.5, 0.6) is 0 Å². The van der Waals surface area contributed by atoms with E-state index in [0.717, 1.165) is 6.42 Å². The maximum absolute atomic E-state index is 10.5. The zero-order chi connectivity index (χ0) is 5.98. The van der Waals surface area contributed by atoms with E-state index in [0.29, 0.717) is 12.8 Å². The van der Waals surface area contributed by atoms with Gasteiger partial charge in [0.15, 0.2) is 11.0 Å². The van der Waals surface area contributed by atoms with E-state index in [-0.39, 0.29) is 19.6 Å². The smallest absolute Gasteiger partial charge is 0.158 e. The van der Waals surface area contributed by atoms with E-state index in [1.54, 1.807) is 0 Å². The van der Waals surface area contributed by atoms with Crippen LogP contribution in [0.15, 0.2) is 0 Å². The van der Waals surface area contributed by atoms with Crippen molar-refractivity contribution in [3.8, 4) is 0 Å². The molecule has 2 nitrogen and oxygen atoms in total. The van der Waals surface area contributed by atoms with Crippen molar-refractivity contribution in [3.63, 3.8) is 0 Å². The Balaban J connectivity index is 2.45. The molecule has 0 aromatic heterocycles. The van der Waals surface area contributed by atoms with Crippen LogP contribution in [0.4, 0.5) is 0 Å². The summed E-state index contributed by atoms with van der Waals surface area (Å²) in [5.41, 5.74) is 0.280. The average Bonchev–Trinajstić information content (AvgIpc) is 1.64. The summed E-state index contributed by atoms with van der Waals surface area (Å²) in [4.78, 5) is 20.9. The van der Waals surface area contributed by atoms with E-state index in [4.69, 9.17) is 0 Å². The van der Waals surface area contributed by atoms with Gasteiger partial charge >= 0.3 is 0 Å². The van der Waals surface area contributed by atoms with Crippen LogP contribution in [-0.2, 0) is 9.59 Å². The van der Waals surface area contributed by atoms with Crippen molar-refractivity contribution in [1.29, 1.82) is 0 Å². The lowest BCUT2D eigenvalue weighted by Crippen LogP contribution is -2.03. The van der Waals surface area contributed by atoms with Crippen molar-refractivity contribution in [3.05, 3.63) is 0 Å². The topological polar surface area (TPSA) is 34.1 Å². The van der Waals surface area contributed by atoms with Gasteiger partial charge in [-0.1, -0.05) is 0 Å². The predicted molar refractivity (Wildman–Crippen MR) is 32.2 cm³/mol. The Bertz CT molecular complexity index is 116. The van der Waals surface area contributed by atoms with E-state index < -0.39 is 0 Å². The normalized spacial score (nSPS) is 21.5. The number of carbonyl (C=O) groups excluding carboxylic acids is 2. The molecule has 0 spiro atoms. The second-order valence-corrected chi connectivity index (χ2v) is 3.19. The molecule has 0 aromatic carbocycles. The lowest BCUT2D eigenvalue weighted by atomic mass is 10.2. The molecular weight excluding hydrogens is 123 g/mol. The molecule has 0 N–H and O–H groups in total. The Morgan fingerprint density at radius 3 is 1.88 bits per heavy atom. The van der Waals surface area contributed by atoms with E-state index in [9.17, 15) is 9.59 Å². The van der Waals surface area contributed by atoms with Crippen LogP contribution in [0, 0.1) is 0 Å². The lowest BCUT2D eigenvalue weighted by Gasteiger charge is -2.04. The summed E-state index contributed by atoms with van der Waals surface area (Å²) in [5, 5.41) is 0. The molecule has 0 atom stereocenters. The molecule has 0 radical (unpaired) electrons. The van der Waals surface area contributed by atoms with Gasteiger partial charge in [0.1, 0.15) is 0 Å². The van der Waals surface area contributed by atoms with Crippen LogP contribution in [-0.4, -0.2) is 11.0 Å². The van der Waals surface area contributed by atoms with Crippen LogP contribution >= 0.6 is 8.58 Å². The summed E-state index contributed by atoms with van der Waals surface area (Å²) in [6.45, 7) is 0. The minimum absolute atomic E-state index is 0.0285. The second-order valence-electron chi connectivity index (χ2n) is 1.82. The van der Waals surface area contributed by atoms with Gasteiger partial charge in [-0.25, -0.2) is 0 Å². The second kappa shape index (κ2) is 2.36. The molecule has 8 heavy (non-hydrogen) atoms. The molecule has 3 heteroatoms. The van der Waals surface area contributed by atoms with Gasteiger partial charge in [-0.15, -0.1) is 0 Å². The Morgan fingerprint density at radius 1 is 1.12 bits per heavy atom. The molecule has 1 saturated heterocycles. The van der Waals surface area contributed by atoms with Crippen LogP contribution in [0.25, 0.3) is 0 Å².